The van der Waals surface area contributed by atoms with E-state index in [1.807, 2.05) is 18.2 Å². The van der Waals surface area contributed by atoms with Crippen LogP contribution in [-0.4, -0.2) is 84.8 Å². The number of aromatic nitrogens is 1. The van der Waals surface area contributed by atoms with E-state index in [9.17, 15) is 9.90 Å². The molecule has 6 rings (SSSR count). The molecule has 1 N–H and O–H groups in total. The average Bonchev–Trinajstić information content (AvgIpc) is 3.61. The van der Waals surface area contributed by atoms with Crippen LogP contribution in [0.5, 0.6) is 23.1 Å². The summed E-state index contributed by atoms with van der Waals surface area (Å²) in [5.74, 6) is 2.37. The van der Waals surface area contributed by atoms with Crippen LogP contribution in [0.25, 0.3) is 0 Å². The van der Waals surface area contributed by atoms with Crippen LogP contribution < -0.4 is 19.1 Å². The molecular formula is C30H34N4O6. The lowest BCUT2D eigenvalue weighted by Gasteiger charge is -2.38. The van der Waals surface area contributed by atoms with Crippen molar-refractivity contribution in [2.45, 2.75) is 26.1 Å². The van der Waals surface area contributed by atoms with Crippen LogP contribution in [0.4, 0.5) is 5.69 Å². The maximum atomic E-state index is 11.9. The van der Waals surface area contributed by atoms with Crippen molar-refractivity contribution < 1.29 is 28.8 Å². The highest BCUT2D eigenvalue weighted by Crippen LogP contribution is 2.37. The number of fused-ring (bicyclic) bond motifs is 2. The highest BCUT2D eigenvalue weighted by atomic mass is 16.7. The molecule has 0 radical (unpaired) electrons. The SMILES string of the molecule is CCOC(=O)c1ccc(Oc2cccc3c2CCN3CC(O)N2CCN(Cc3ccc4c(c3)OCO4)CC2)nc1. The summed E-state index contributed by atoms with van der Waals surface area (Å²) in [6.45, 7) is 7.97. The number of ether oxygens (including phenoxy) is 4. The van der Waals surface area contributed by atoms with E-state index in [0.29, 0.717) is 24.6 Å². The van der Waals surface area contributed by atoms with Gasteiger partial charge in [-0.2, -0.15) is 0 Å². The molecule has 0 aliphatic carbocycles. The molecule has 210 valence electrons. The minimum Gasteiger partial charge on any atom is -0.462 e. The Morgan fingerprint density at radius 1 is 1.05 bits per heavy atom. The predicted molar refractivity (Wildman–Crippen MR) is 148 cm³/mol. The van der Waals surface area contributed by atoms with Gasteiger partial charge in [0.15, 0.2) is 11.5 Å². The molecule has 1 fully saturated rings. The molecule has 4 heterocycles. The molecule has 40 heavy (non-hydrogen) atoms. The van der Waals surface area contributed by atoms with E-state index in [0.717, 1.165) is 74.2 Å². The van der Waals surface area contributed by atoms with E-state index >= 15 is 0 Å². The second-order valence-electron chi connectivity index (χ2n) is 10.1. The van der Waals surface area contributed by atoms with Gasteiger partial charge in [-0.3, -0.25) is 9.80 Å². The van der Waals surface area contributed by atoms with E-state index in [1.165, 1.54) is 11.8 Å². The second-order valence-corrected chi connectivity index (χ2v) is 10.1. The monoisotopic (exact) mass is 546 g/mol. The zero-order valence-corrected chi connectivity index (χ0v) is 22.6. The number of carbonyl (C=O) groups is 1. The Kier molecular flexibility index (Phi) is 7.72. The molecule has 1 saturated heterocycles. The molecule has 0 bridgehead atoms. The summed E-state index contributed by atoms with van der Waals surface area (Å²) in [4.78, 5) is 23.0. The Morgan fingerprint density at radius 2 is 1.90 bits per heavy atom. The number of piperazine rings is 1. The van der Waals surface area contributed by atoms with Gasteiger partial charge in [-0.25, -0.2) is 9.78 Å². The summed E-state index contributed by atoms with van der Waals surface area (Å²) in [5.41, 5.74) is 3.76. The maximum Gasteiger partial charge on any atom is 0.339 e. The van der Waals surface area contributed by atoms with Gasteiger partial charge in [-0.15, -0.1) is 0 Å². The summed E-state index contributed by atoms with van der Waals surface area (Å²) >= 11 is 0. The number of benzene rings is 2. The molecular weight excluding hydrogens is 512 g/mol. The van der Waals surface area contributed by atoms with Crippen molar-refractivity contribution in [3.63, 3.8) is 0 Å². The van der Waals surface area contributed by atoms with Crippen LogP contribution in [0.3, 0.4) is 0 Å². The summed E-state index contributed by atoms with van der Waals surface area (Å²) in [5, 5.41) is 11.1. The molecule has 0 saturated carbocycles. The molecule has 0 amide bonds. The van der Waals surface area contributed by atoms with Crippen LogP contribution in [-0.2, 0) is 17.7 Å². The number of aliphatic hydroxyl groups is 1. The van der Waals surface area contributed by atoms with Gasteiger partial charge in [0.25, 0.3) is 0 Å². The zero-order chi connectivity index (χ0) is 27.5. The van der Waals surface area contributed by atoms with E-state index in [1.54, 1.807) is 19.1 Å². The van der Waals surface area contributed by atoms with Crippen molar-refractivity contribution >= 4 is 11.7 Å². The van der Waals surface area contributed by atoms with Gasteiger partial charge in [0.05, 0.1) is 18.7 Å². The number of pyridine rings is 1. The minimum atomic E-state index is -0.555. The van der Waals surface area contributed by atoms with Gasteiger partial charge >= 0.3 is 5.97 Å². The normalized spacial score (nSPS) is 17.5. The quantitative estimate of drug-likeness (QED) is 0.403. The molecule has 10 heteroatoms. The number of carbonyl (C=O) groups excluding carboxylic acids is 1. The first-order chi connectivity index (χ1) is 19.6. The summed E-state index contributed by atoms with van der Waals surface area (Å²) in [6, 6.07) is 15.4. The number of aliphatic hydroxyl groups excluding tert-OH is 1. The van der Waals surface area contributed by atoms with Crippen molar-refractivity contribution in [3.8, 4) is 23.1 Å². The smallest absolute Gasteiger partial charge is 0.339 e. The van der Waals surface area contributed by atoms with Gasteiger partial charge in [-0.05, 0) is 49.2 Å². The van der Waals surface area contributed by atoms with Crippen molar-refractivity contribution in [2.24, 2.45) is 0 Å². The standard InChI is InChI=1S/C30H34N4O6/c1-2-37-30(36)22-7-9-28(31-17-22)40-25-5-3-4-24-23(25)10-11-34(24)19-29(35)33-14-12-32(13-15-33)18-21-6-8-26-27(16-21)39-20-38-26/h3-9,16-17,29,35H,2,10-15,18-20H2,1H3. The lowest BCUT2D eigenvalue weighted by atomic mass is 10.1. The lowest BCUT2D eigenvalue weighted by Crippen LogP contribution is -2.53. The average molecular weight is 547 g/mol. The van der Waals surface area contributed by atoms with E-state index in [4.69, 9.17) is 18.9 Å². The fourth-order valence-corrected chi connectivity index (χ4v) is 5.47. The molecule has 10 nitrogen and oxygen atoms in total. The topological polar surface area (TPSA) is 96.8 Å². The van der Waals surface area contributed by atoms with Crippen LogP contribution in [0, 0.1) is 0 Å². The van der Waals surface area contributed by atoms with Crippen molar-refractivity contribution in [3.05, 3.63) is 71.4 Å². The minimum absolute atomic E-state index is 0.286. The summed E-state index contributed by atoms with van der Waals surface area (Å²) in [7, 11) is 0. The number of anilines is 1. The first-order valence-electron chi connectivity index (χ1n) is 13.8. The molecule has 1 aromatic heterocycles. The summed E-state index contributed by atoms with van der Waals surface area (Å²) < 4.78 is 22.0. The zero-order valence-electron chi connectivity index (χ0n) is 22.6. The Labute approximate surface area is 233 Å². The van der Waals surface area contributed by atoms with Crippen LogP contribution in [0.15, 0.2) is 54.7 Å². The number of esters is 1. The first-order valence-corrected chi connectivity index (χ1v) is 13.8. The van der Waals surface area contributed by atoms with E-state index in [-0.39, 0.29) is 6.79 Å². The van der Waals surface area contributed by atoms with Crippen molar-refractivity contribution in [2.75, 3.05) is 57.6 Å². The first kappa shape index (κ1) is 26.4. The van der Waals surface area contributed by atoms with Crippen molar-refractivity contribution in [1.82, 2.24) is 14.8 Å². The third kappa shape index (κ3) is 5.70. The van der Waals surface area contributed by atoms with E-state index < -0.39 is 12.2 Å². The largest absolute Gasteiger partial charge is 0.462 e. The lowest BCUT2D eigenvalue weighted by molar-refractivity contribution is -0.0210. The fraction of sp³-hybridized carbons (Fsp3) is 0.400. The van der Waals surface area contributed by atoms with Gasteiger partial charge in [0.2, 0.25) is 12.7 Å². The van der Waals surface area contributed by atoms with Gasteiger partial charge in [-0.1, -0.05) is 12.1 Å². The predicted octanol–water partition coefficient (Wildman–Crippen LogP) is 3.28. The Hall–Kier alpha value is -3.86. The number of hydrogen-bond donors (Lipinski definition) is 1. The van der Waals surface area contributed by atoms with Crippen LogP contribution >= 0.6 is 0 Å². The molecule has 3 aliphatic rings. The third-order valence-corrected chi connectivity index (χ3v) is 7.60. The summed E-state index contributed by atoms with van der Waals surface area (Å²) in [6.07, 6.45) is 1.73. The fourth-order valence-electron chi connectivity index (χ4n) is 5.47. The molecule has 1 atom stereocenters. The molecule has 2 aromatic carbocycles. The van der Waals surface area contributed by atoms with Gasteiger partial charge in [0, 0.05) is 62.8 Å². The van der Waals surface area contributed by atoms with Crippen LogP contribution in [0.2, 0.25) is 0 Å². The Balaban J connectivity index is 1.02. The number of nitrogens with zero attached hydrogens (tertiary/aromatic N) is 4. The number of β-amino-alcohol motifs (C(OH)–C–C–N with tert-alkyl or cyclic N) is 1. The molecule has 3 aliphatic heterocycles. The molecule has 1 unspecified atom stereocenters. The Bertz CT molecular complexity index is 1340. The number of rotatable bonds is 9. The molecule has 0 spiro atoms. The Morgan fingerprint density at radius 3 is 2.70 bits per heavy atom. The van der Waals surface area contributed by atoms with Gasteiger partial charge < -0.3 is 29.0 Å². The second kappa shape index (κ2) is 11.7. The highest BCUT2D eigenvalue weighted by molar-refractivity contribution is 5.89. The molecule has 3 aromatic rings. The third-order valence-electron chi connectivity index (χ3n) is 7.60. The van der Waals surface area contributed by atoms with E-state index in [2.05, 4.69) is 37.9 Å². The number of hydrogen-bond acceptors (Lipinski definition) is 10. The van der Waals surface area contributed by atoms with Gasteiger partial charge in [0.1, 0.15) is 12.0 Å². The van der Waals surface area contributed by atoms with Crippen LogP contribution in [0.1, 0.15) is 28.4 Å². The van der Waals surface area contributed by atoms with Crippen molar-refractivity contribution in [1.29, 1.82) is 0 Å². The highest BCUT2D eigenvalue weighted by Gasteiger charge is 2.28. The maximum absolute atomic E-state index is 11.9.